The smallest absolute Gasteiger partial charge is 0.224 e. The number of nitrogens with one attached hydrogen (secondary N) is 1. The van der Waals surface area contributed by atoms with Gasteiger partial charge in [-0.05, 0) is 29.8 Å². The van der Waals surface area contributed by atoms with Gasteiger partial charge in [-0.15, -0.1) is 0 Å². The Labute approximate surface area is 95.1 Å². The predicted molar refractivity (Wildman–Crippen MR) is 56.7 cm³/mol. The maximum absolute atomic E-state index is 13.3. The van der Waals surface area contributed by atoms with E-state index in [4.69, 9.17) is 11.6 Å². The Morgan fingerprint density at radius 3 is 2.69 bits per heavy atom. The number of rotatable bonds is 2. The van der Waals surface area contributed by atoms with Gasteiger partial charge in [0, 0.05) is 12.3 Å². The fourth-order valence-electron chi connectivity index (χ4n) is 1.13. The third-order valence-electron chi connectivity index (χ3n) is 1.82. The van der Waals surface area contributed by atoms with Crippen LogP contribution in [0.2, 0.25) is 5.28 Å². The zero-order valence-corrected chi connectivity index (χ0v) is 8.67. The summed E-state index contributed by atoms with van der Waals surface area (Å²) in [5, 5.41) is 2.71. The molecule has 0 aliphatic carbocycles. The third-order valence-corrected chi connectivity index (χ3v) is 2.00. The number of benzene rings is 1. The van der Waals surface area contributed by atoms with Crippen molar-refractivity contribution in [2.75, 3.05) is 5.32 Å². The van der Waals surface area contributed by atoms with Crippen LogP contribution in [0, 0.1) is 11.6 Å². The summed E-state index contributed by atoms with van der Waals surface area (Å²) in [6.07, 6.45) is 1.43. The number of aromatic nitrogens is 2. The molecule has 0 radical (unpaired) electrons. The van der Waals surface area contributed by atoms with E-state index in [2.05, 4.69) is 15.3 Å². The van der Waals surface area contributed by atoms with Crippen molar-refractivity contribution >= 4 is 23.1 Å². The molecule has 6 heteroatoms. The average molecular weight is 242 g/mol. The Hall–Kier alpha value is -1.75. The first-order valence-electron chi connectivity index (χ1n) is 4.36. The molecular formula is C10H6ClF2N3. The molecule has 1 aromatic heterocycles. The lowest BCUT2D eigenvalue weighted by Crippen LogP contribution is -1.97. The van der Waals surface area contributed by atoms with Crippen LogP contribution in [-0.4, -0.2) is 9.97 Å². The average Bonchev–Trinajstić information content (AvgIpc) is 2.22. The number of nitrogens with zero attached hydrogens (tertiary/aromatic N) is 2. The normalized spacial score (nSPS) is 10.2. The second-order valence-corrected chi connectivity index (χ2v) is 3.30. The van der Waals surface area contributed by atoms with E-state index in [1.807, 2.05) is 0 Å². The van der Waals surface area contributed by atoms with Crippen molar-refractivity contribution in [2.24, 2.45) is 0 Å². The van der Waals surface area contributed by atoms with Gasteiger partial charge in [0.15, 0.2) is 0 Å². The fourth-order valence-corrected chi connectivity index (χ4v) is 1.28. The Morgan fingerprint density at radius 1 is 1.19 bits per heavy atom. The second-order valence-electron chi connectivity index (χ2n) is 2.96. The van der Waals surface area contributed by atoms with Gasteiger partial charge in [0.25, 0.3) is 0 Å². The predicted octanol–water partition coefficient (Wildman–Crippen LogP) is 3.15. The molecule has 0 atom stereocenters. The summed E-state index contributed by atoms with van der Waals surface area (Å²) >= 11 is 5.56. The zero-order valence-electron chi connectivity index (χ0n) is 7.92. The van der Waals surface area contributed by atoms with Gasteiger partial charge in [0.05, 0.1) is 5.69 Å². The van der Waals surface area contributed by atoms with E-state index in [9.17, 15) is 8.78 Å². The van der Waals surface area contributed by atoms with Crippen LogP contribution >= 0.6 is 11.6 Å². The molecule has 0 spiro atoms. The van der Waals surface area contributed by atoms with Crippen molar-refractivity contribution in [1.29, 1.82) is 0 Å². The molecule has 0 saturated carbocycles. The topological polar surface area (TPSA) is 37.8 Å². The monoisotopic (exact) mass is 241 g/mol. The van der Waals surface area contributed by atoms with Gasteiger partial charge in [-0.3, -0.25) is 0 Å². The van der Waals surface area contributed by atoms with E-state index < -0.39 is 11.6 Å². The number of halogens is 3. The van der Waals surface area contributed by atoms with E-state index in [1.165, 1.54) is 18.3 Å². The van der Waals surface area contributed by atoms with Gasteiger partial charge in [-0.25, -0.2) is 18.7 Å². The lowest BCUT2D eigenvalue weighted by atomic mass is 10.3. The van der Waals surface area contributed by atoms with Crippen molar-refractivity contribution < 1.29 is 8.78 Å². The second kappa shape index (κ2) is 4.40. The van der Waals surface area contributed by atoms with E-state index in [0.717, 1.165) is 12.1 Å². The molecule has 16 heavy (non-hydrogen) atoms. The first-order valence-corrected chi connectivity index (χ1v) is 4.73. The Morgan fingerprint density at radius 2 is 2.00 bits per heavy atom. The molecule has 0 aliphatic heterocycles. The molecule has 3 nitrogen and oxygen atoms in total. The van der Waals surface area contributed by atoms with E-state index in [0.29, 0.717) is 5.82 Å². The van der Waals surface area contributed by atoms with E-state index in [-0.39, 0.29) is 11.0 Å². The summed E-state index contributed by atoms with van der Waals surface area (Å²) in [4.78, 5) is 7.49. The molecular weight excluding hydrogens is 236 g/mol. The summed E-state index contributed by atoms with van der Waals surface area (Å²) < 4.78 is 25.9. The van der Waals surface area contributed by atoms with Gasteiger partial charge in [0.2, 0.25) is 5.28 Å². The van der Waals surface area contributed by atoms with Crippen LogP contribution in [-0.2, 0) is 0 Å². The maximum Gasteiger partial charge on any atom is 0.224 e. The van der Waals surface area contributed by atoms with Crippen LogP contribution in [0.4, 0.5) is 20.3 Å². The SMILES string of the molecule is Fc1ccc(Nc2ccnc(Cl)n2)c(F)c1. The summed E-state index contributed by atoms with van der Waals surface area (Å²) in [5.41, 5.74) is 0.121. The van der Waals surface area contributed by atoms with Crippen molar-refractivity contribution in [3.63, 3.8) is 0 Å². The number of hydrogen-bond donors (Lipinski definition) is 1. The standard InChI is InChI=1S/C10H6ClF2N3/c11-10-14-4-3-9(16-10)15-8-2-1-6(12)5-7(8)13/h1-5H,(H,14,15,16). The van der Waals surface area contributed by atoms with Crippen LogP contribution < -0.4 is 5.32 Å². The van der Waals surface area contributed by atoms with Crippen LogP contribution in [0.1, 0.15) is 0 Å². The minimum Gasteiger partial charge on any atom is -0.338 e. The van der Waals surface area contributed by atoms with Crippen LogP contribution in [0.15, 0.2) is 30.5 Å². The molecule has 0 fully saturated rings. The Bertz CT molecular complexity index is 519. The maximum atomic E-state index is 13.3. The highest BCUT2D eigenvalue weighted by atomic mass is 35.5. The number of hydrogen-bond acceptors (Lipinski definition) is 3. The Kier molecular flexibility index (Phi) is 2.96. The summed E-state index contributed by atoms with van der Waals surface area (Å²) in [5.74, 6) is -0.996. The van der Waals surface area contributed by atoms with Crippen molar-refractivity contribution in [3.05, 3.63) is 47.4 Å². The van der Waals surface area contributed by atoms with Crippen molar-refractivity contribution in [2.45, 2.75) is 0 Å². The van der Waals surface area contributed by atoms with Crippen LogP contribution in [0.3, 0.4) is 0 Å². The highest BCUT2D eigenvalue weighted by Crippen LogP contribution is 2.19. The number of anilines is 2. The fraction of sp³-hybridized carbons (Fsp3) is 0. The summed E-state index contributed by atoms with van der Waals surface area (Å²) in [6.45, 7) is 0. The molecule has 1 N–H and O–H groups in total. The van der Waals surface area contributed by atoms with E-state index in [1.54, 1.807) is 0 Å². The molecule has 2 rings (SSSR count). The van der Waals surface area contributed by atoms with Gasteiger partial charge in [-0.1, -0.05) is 0 Å². The molecule has 82 valence electrons. The Balaban J connectivity index is 2.27. The minimum absolute atomic E-state index is 0.0486. The highest BCUT2D eigenvalue weighted by molar-refractivity contribution is 6.28. The minimum atomic E-state index is -0.699. The zero-order chi connectivity index (χ0) is 11.5. The molecule has 0 amide bonds. The molecule has 0 aliphatic rings. The summed E-state index contributed by atoms with van der Waals surface area (Å²) in [7, 11) is 0. The molecule has 1 aromatic carbocycles. The van der Waals surface area contributed by atoms with Gasteiger partial charge in [0.1, 0.15) is 17.5 Å². The van der Waals surface area contributed by atoms with Gasteiger partial charge >= 0.3 is 0 Å². The van der Waals surface area contributed by atoms with Crippen LogP contribution in [0.25, 0.3) is 0 Å². The highest BCUT2D eigenvalue weighted by Gasteiger charge is 2.04. The molecule has 1 heterocycles. The molecule has 2 aromatic rings. The first-order chi connectivity index (χ1) is 7.65. The van der Waals surface area contributed by atoms with E-state index >= 15 is 0 Å². The van der Waals surface area contributed by atoms with Crippen molar-refractivity contribution in [1.82, 2.24) is 9.97 Å². The van der Waals surface area contributed by atoms with Crippen LogP contribution in [0.5, 0.6) is 0 Å². The lowest BCUT2D eigenvalue weighted by Gasteiger charge is -2.06. The molecule has 0 unspecified atom stereocenters. The first kappa shape index (κ1) is 10.8. The largest absolute Gasteiger partial charge is 0.338 e. The molecule has 0 saturated heterocycles. The van der Waals surface area contributed by atoms with Gasteiger partial charge in [-0.2, -0.15) is 0 Å². The summed E-state index contributed by atoms with van der Waals surface area (Å²) in [6, 6.07) is 4.73. The lowest BCUT2D eigenvalue weighted by molar-refractivity contribution is 0.586. The molecule has 0 bridgehead atoms. The van der Waals surface area contributed by atoms with Crippen molar-refractivity contribution in [3.8, 4) is 0 Å². The third kappa shape index (κ3) is 2.43. The van der Waals surface area contributed by atoms with Gasteiger partial charge < -0.3 is 5.32 Å². The quantitative estimate of drug-likeness (QED) is 0.821.